The number of nitrogens with two attached hydrogens (primary N) is 1. The molecule has 2 aliphatic rings. The molecule has 2 fully saturated rings. The van der Waals surface area contributed by atoms with E-state index < -0.39 is 11.4 Å². The Balaban J connectivity index is 0.000000242. The second-order valence-electron chi connectivity index (χ2n) is 10.6. The second-order valence-corrected chi connectivity index (χ2v) is 11.1. The van der Waals surface area contributed by atoms with Gasteiger partial charge < -0.3 is 21.1 Å². The molecule has 10 heteroatoms. The molecule has 3 aromatic carbocycles. The number of nitrogens with one attached hydrogen (secondary N) is 1. The van der Waals surface area contributed by atoms with Gasteiger partial charge in [-0.25, -0.2) is 9.18 Å². The van der Waals surface area contributed by atoms with Crippen LogP contribution in [0.5, 0.6) is 0 Å². The van der Waals surface area contributed by atoms with Crippen LogP contribution in [0.4, 0.5) is 20.6 Å². The lowest BCUT2D eigenvalue weighted by Crippen LogP contribution is -2.39. The number of nitriles is 1. The number of hydrogen-bond acceptors (Lipinski definition) is 5. The predicted molar refractivity (Wildman–Crippen MR) is 168 cm³/mol. The normalized spacial score (nSPS) is 15.0. The summed E-state index contributed by atoms with van der Waals surface area (Å²) in [6.07, 6.45) is 6.77. The molecule has 1 saturated carbocycles. The number of likely N-dealkylation sites (tertiary alicyclic amines) is 1. The molecule has 43 heavy (non-hydrogen) atoms. The summed E-state index contributed by atoms with van der Waals surface area (Å²) in [7, 11) is 2.80. The van der Waals surface area contributed by atoms with Crippen molar-refractivity contribution in [1.82, 2.24) is 4.90 Å². The van der Waals surface area contributed by atoms with Gasteiger partial charge in [0.25, 0.3) is 0 Å². The van der Waals surface area contributed by atoms with Crippen molar-refractivity contribution in [3.8, 4) is 6.07 Å². The molecule has 1 saturated heterocycles. The van der Waals surface area contributed by atoms with Gasteiger partial charge in [-0.1, -0.05) is 42.6 Å². The number of aliphatic hydroxyl groups excluding tert-OH is 1. The van der Waals surface area contributed by atoms with E-state index in [4.69, 9.17) is 22.4 Å². The highest BCUT2D eigenvalue weighted by Crippen LogP contribution is 2.40. The Hall–Kier alpha value is -3.97. The average molecular weight is 608 g/mol. The van der Waals surface area contributed by atoms with Gasteiger partial charge in [0.15, 0.2) is 0 Å². The number of aliphatic hydroxyl groups is 1. The Morgan fingerprint density at radius 1 is 1.14 bits per heavy atom. The van der Waals surface area contributed by atoms with Crippen LogP contribution in [0, 0.1) is 23.1 Å². The van der Waals surface area contributed by atoms with Crippen LogP contribution in [0.15, 0.2) is 66.7 Å². The summed E-state index contributed by atoms with van der Waals surface area (Å²) in [6, 6.07) is 21.3. The quantitative estimate of drug-likeness (QED) is 0.261. The number of halogens is 2. The molecule has 3 amide bonds. The first-order valence-corrected chi connectivity index (χ1v) is 14.7. The molecule has 0 bridgehead atoms. The lowest BCUT2D eigenvalue weighted by molar-refractivity contribution is -0.105. The molecule has 0 radical (unpaired) electrons. The van der Waals surface area contributed by atoms with E-state index in [0.29, 0.717) is 34.9 Å². The van der Waals surface area contributed by atoms with E-state index in [1.54, 1.807) is 54.4 Å². The first-order chi connectivity index (χ1) is 20.7. The topological polar surface area (TPSA) is 123 Å². The van der Waals surface area contributed by atoms with Crippen LogP contribution < -0.4 is 16.0 Å². The van der Waals surface area contributed by atoms with E-state index in [1.165, 1.54) is 18.9 Å². The summed E-state index contributed by atoms with van der Waals surface area (Å²) >= 11 is 5.81. The standard InChI is InChI=1S/C20H20FN3O.C12H15ClN2O.CH4O/c21-18-7-6-17(11-19(18)24-13-25)20(23,9-8-14-4-5-14)16-3-1-2-15(10-16)12-22;1-14(11-6-4-10(13)5-7-11)12(16)15-8-2-3-9-15;1-2/h1-3,6-7,10-11,13-14H,4-5,8-9,23H2,(H,24,25);4-7H,2-3,8-9H2,1H3;2H,1H3. The number of carbonyl (C=O) groups excluding carboxylic acids is 2. The van der Waals surface area contributed by atoms with Crippen molar-refractivity contribution in [3.05, 3.63) is 94.3 Å². The Kier molecular flexibility index (Phi) is 12.5. The Bertz CT molecular complexity index is 1400. The van der Waals surface area contributed by atoms with Crippen molar-refractivity contribution in [3.63, 3.8) is 0 Å². The Morgan fingerprint density at radius 2 is 1.79 bits per heavy atom. The van der Waals surface area contributed by atoms with E-state index in [2.05, 4.69) is 11.4 Å². The summed E-state index contributed by atoms with van der Waals surface area (Å²) in [5, 5.41) is 19.2. The van der Waals surface area contributed by atoms with Crippen molar-refractivity contribution in [2.75, 3.05) is 37.5 Å². The number of carbonyl (C=O) groups is 2. The van der Waals surface area contributed by atoms with Gasteiger partial charge in [0, 0.05) is 38.0 Å². The zero-order valence-corrected chi connectivity index (χ0v) is 25.4. The van der Waals surface area contributed by atoms with E-state index in [0.717, 1.165) is 50.7 Å². The van der Waals surface area contributed by atoms with E-state index >= 15 is 0 Å². The molecule has 0 aromatic heterocycles. The molecule has 1 aliphatic heterocycles. The molecule has 3 aromatic rings. The lowest BCUT2D eigenvalue weighted by Gasteiger charge is -2.31. The van der Waals surface area contributed by atoms with Crippen LogP contribution in [0.2, 0.25) is 5.02 Å². The summed E-state index contributed by atoms with van der Waals surface area (Å²) in [5.74, 6) is 0.182. The third-order valence-electron chi connectivity index (χ3n) is 7.72. The Morgan fingerprint density at radius 3 is 2.40 bits per heavy atom. The van der Waals surface area contributed by atoms with Crippen LogP contribution in [-0.2, 0) is 10.3 Å². The zero-order valence-electron chi connectivity index (χ0n) is 24.6. The van der Waals surface area contributed by atoms with Crippen LogP contribution in [-0.4, -0.2) is 49.7 Å². The fourth-order valence-corrected chi connectivity index (χ4v) is 5.16. The maximum Gasteiger partial charge on any atom is 0.324 e. The van der Waals surface area contributed by atoms with Gasteiger partial charge in [-0.15, -0.1) is 0 Å². The fraction of sp³-hybridized carbons (Fsp3) is 0.364. The molecule has 8 nitrogen and oxygen atoms in total. The van der Waals surface area contributed by atoms with Crippen molar-refractivity contribution in [2.45, 2.75) is 44.1 Å². The highest BCUT2D eigenvalue weighted by molar-refractivity contribution is 6.30. The molecule has 5 rings (SSSR count). The average Bonchev–Trinajstić information content (AvgIpc) is 3.72. The molecule has 0 spiro atoms. The van der Waals surface area contributed by atoms with Gasteiger partial charge >= 0.3 is 6.03 Å². The molecular weight excluding hydrogens is 569 g/mol. The van der Waals surface area contributed by atoms with E-state index in [9.17, 15) is 19.2 Å². The van der Waals surface area contributed by atoms with Gasteiger partial charge in [0.1, 0.15) is 5.82 Å². The first-order valence-electron chi connectivity index (χ1n) is 14.3. The smallest absolute Gasteiger partial charge is 0.324 e. The van der Waals surface area contributed by atoms with Crippen LogP contribution in [0.3, 0.4) is 0 Å². The monoisotopic (exact) mass is 607 g/mol. The third kappa shape index (κ3) is 9.01. The van der Waals surface area contributed by atoms with Crippen molar-refractivity contribution in [2.24, 2.45) is 11.7 Å². The summed E-state index contributed by atoms with van der Waals surface area (Å²) in [6.45, 7) is 1.74. The SMILES string of the molecule is CN(C(=O)N1CCCC1)c1ccc(Cl)cc1.CO.N#Cc1cccc(C(N)(CCC2CC2)c2ccc(F)c(NC=O)c2)c1. The molecule has 4 N–H and O–H groups in total. The third-order valence-corrected chi connectivity index (χ3v) is 7.98. The molecule has 228 valence electrons. The molecular formula is C33H39ClFN5O3. The highest BCUT2D eigenvalue weighted by Gasteiger charge is 2.33. The molecule has 1 aliphatic carbocycles. The molecule has 1 unspecified atom stereocenters. The number of rotatable bonds is 8. The zero-order chi connectivity index (χ0) is 31.4. The van der Waals surface area contributed by atoms with Gasteiger partial charge in [0.05, 0.1) is 22.9 Å². The van der Waals surface area contributed by atoms with E-state index in [-0.39, 0.29) is 11.7 Å². The number of nitrogens with zero attached hydrogens (tertiary/aromatic N) is 3. The van der Waals surface area contributed by atoms with Gasteiger partial charge in [-0.3, -0.25) is 9.69 Å². The number of amides is 3. The minimum atomic E-state index is -0.845. The molecule has 1 heterocycles. The van der Waals surface area contributed by atoms with Gasteiger partial charge in [-0.2, -0.15) is 5.26 Å². The van der Waals surface area contributed by atoms with Gasteiger partial charge in [-0.05, 0) is 91.3 Å². The minimum Gasteiger partial charge on any atom is -0.400 e. The Labute approximate surface area is 257 Å². The van der Waals surface area contributed by atoms with Crippen molar-refractivity contribution in [1.29, 1.82) is 5.26 Å². The van der Waals surface area contributed by atoms with Gasteiger partial charge in [0.2, 0.25) is 6.41 Å². The first kappa shape index (κ1) is 33.5. The summed E-state index contributed by atoms with van der Waals surface area (Å²) < 4.78 is 13.9. The maximum absolute atomic E-state index is 13.9. The summed E-state index contributed by atoms with van der Waals surface area (Å²) in [4.78, 5) is 26.3. The minimum absolute atomic E-state index is 0.0693. The van der Waals surface area contributed by atoms with Crippen LogP contribution in [0.25, 0.3) is 0 Å². The number of anilines is 2. The molecule has 1 atom stereocenters. The number of benzene rings is 3. The predicted octanol–water partition coefficient (Wildman–Crippen LogP) is 6.26. The lowest BCUT2D eigenvalue weighted by atomic mass is 9.79. The fourth-order valence-electron chi connectivity index (χ4n) is 5.03. The maximum atomic E-state index is 13.9. The van der Waals surface area contributed by atoms with E-state index in [1.807, 2.05) is 23.1 Å². The largest absolute Gasteiger partial charge is 0.400 e. The van der Waals surface area contributed by atoms with Crippen molar-refractivity contribution >= 4 is 35.4 Å². The summed E-state index contributed by atoms with van der Waals surface area (Å²) in [5.41, 5.74) is 9.01. The van der Waals surface area contributed by atoms with Crippen LogP contribution >= 0.6 is 11.6 Å². The number of hydrogen-bond donors (Lipinski definition) is 3. The van der Waals surface area contributed by atoms with Crippen LogP contribution in [0.1, 0.15) is 55.2 Å². The van der Waals surface area contributed by atoms with Crippen molar-refractivity contribution < 1.29 is 19.1 Å². The highest BCUT2D eigenvalue weighted by atomic mass is 35.5. The second kappa shape index (κ2) is 16.0. The number of urea groups is 1.